The van der Waals surface area contributed by atoms with Crippen molar-refractivity contribution in [3.05, 3.63) is 0 Å². The predicted octanol–water partition coefficient (Wildman–Crippen LogP) is 11.6. The highest BCUT2D eigenvalue weighted by atomic mass is 16.6. The van der Waals surface area contributed by atoms with Gasteiger partial charge >= 0.3 is 17.9 Å². The van der Waals surface area contributed by atoms with Crippen LogP contribution in [0.5, 0.6) is 0 Å². The quantitative estimate of drug-likeness (QED) is 0.0396. The van der Waals surface area contributed by atoms with Gasteiger partial charge in [0.25, 0.3) is 0 Å². The van der Waals surface area contributed by atoms with Crippen LogP contribution in [-0.4, -0.2) is 37.2 Å². The maximum atomic E-state index is 12.5. The van der Waals surface area contributed by atoms with E-state index in [1.807, 2.05) is 0 Å². The van der Waals surface area contributed by atoms with Crippen molar-refractivity contribution in [1.29, 1.82) is 0 Å². The lowest BCUT2D eigenvalue weighted by molar-refractivity contribution is -0.167. The zero-order chi connectivity index (χ0) is 33.2. The second-order valence-electron chi connectivity index (χ2n) is 13.7. The van der Waals surface area contributed by atoms with Gasteiger partial charge in [0, 0.05) is 19.3 Å². The number of unbranched alkanes of at least 4 members (excludes halogenated alkanes) is 21. The average molecular weight is 639 g/mol. The van der Waals surface area contributed by atoms with Crippen molar-refractivity contribution in [2.75, 3.05) is 13.2 Å². The van der Waals surface area contributed by atoms with Crippen LogP contribution in [0.4, 0.5) is 0 Å². The minimum absolute atomic E-state index is 0.0664. The SMILES string of the molecule is CCCCCCCCCC(=O)O[C@H](COC(=O)CCCCCCC)COC(=O)CCCCCCCCCCCCCCC(C)C. The van der Waals surface area contributed by atoms with Crippen LogP contribution in [0, 0.1) is 5.92 Å². The van der Waals surface area contributed by atoms with Crippen LogP contribution in [0.3, 0.4) is 0 Å². The van der Waals surface area contributed by atoms with E-state index in [1.54, 1.807) is 0 Å². The molecule has 0 heterocycles. The monoisotopic (exact) mass is 639 g/mol. The second-order valence-corrected chi connectivity index (χ2v) is 13.7. The summed E-state index contributed by atoms with van der Waals surface area (Å²) in [5, 5.41) is 0. The molecule has 0 fully saturated rings. The molecular weight excluding hydrogens is 564 g/mol. The Morgan fingerprint density at radius 1 is 0.422 bits per heavy atom. The highest BCUT2D eigenvalue weighted by Crippen LogP contribution is 2.15. The first-order chi connectivity index (χ1) is 21.9. The molecule has 0 aliphatic heterocycles. The molecule has 6 nitrogen and oxygen atoms in total. The van der Waals surface area contributed by atoms with Crippen molar-refractivity contribution < 1.29 is 28.6 Å². The van der Waals surface area contributed by atoms with E-state index in [9.17, 15) is 14.4 Å². The number of rotatable bonds is 34. The molecule has 0 aliphatic carbocycles. The Morgan fingerprint density at radius 3 is 1.09 bits per heavy atom. The van der Waals surface area contributed by atoms with Crippen LogP contribution in [-0.2, 0) is 28.6 Å². The largest absolute Gasteiger partial charge is 0.462 e. The van der Waals surface area contributed by atoms with Gasteiger partial charge < -0.3 is 14.2 Å². The van der Waals surface area contributed by atoms with E-state index in [-0.39, 0.29) is 31.1 Å². The lowest BCUT2D eigenvalue weighted by Gasteiger charge is -2.18. The van der Waals surface area contributed by atoms with Gasteiger partial charge in [0.2, 0.25) is 0 Å². The van der Waals surface area contributed by atoms with Gasteiger partial charge in [-0.25, -0.2) is 0 Å². The van der Waals surface area contributed by atoms with Gasteiger partial charge in [-0.05, 0) is 25.2 Å². The molecule has 0 spiro atoms. The molecule has 0 amide bonds. The molecule has 0 aromatic rings. The average Bonchev–Trinajstić information content (AvgIpc) is 3.01. The molecule has 1 atom stereocenters. The molecule has 0 rings (SSSR count). The Kier molecular flexibility index (Phi) is 32.6. The number of carbonyl (C=O) groups excluding carboxylic acids is 3. The van der Waals surface area contributed by atoms with Gasteiger partial charge in [-0.2, -0.15) is 0 Å². The van der Waals surface area contributed by atoms with Crippen LogP contribution in [0.25, 0.3) is 0 Å². The van der Waals surface area contributed by atoms with E-state index >= 15 is 0 Å². The Bertz CT molecular complexity index is 676. The zero-order valence-corrected chi connectivity index (χ0v) is 30.3. The molecule has 0 unspecified atom stereocenters. The smallest absolute Gasteiger partial charge is 0.306 e. The number of carbonyl (C=O) groups is 3. The van der Waals surface area contributed by atoms with Crippen molar-refractivity contribution in [2.45, 2.75) is 214 Å². The fraction of sp³-hybridized carbons (Fsp3) is 0.923. The topological polar surface area (TPSA) is 78.9 Å². The second kappa shape index (κ2) is 33.8. The summed E-state index contributed by atoms with van der Waals surface area (Å²) in [6.45, 7) is 8.84. The normalized spacial score (nSPS) is 11.9. The van der Waals surface area contributed by atoms with Crippen molar-refractivity contribution >= 4 is 17.9 Å². The van der Waals surface area contributed by atoms with E-state index in [0.717, 1.165) is 70.1 Å². The molecule has 0 radical (unpaired) electrons. The molecule has 6 heteroatoms. The van der Waals surface area contributed by atoms with E-state index < -0.39 is 6.10 Å². The fourth-order valence-electron chi connectivity index (χ4n) is 5.57. The van der Waals surface area contributed by atoms with Crippen molar-refractivity contribution in [3.8, 4) is 0 Å². The van der Waals surface area contributed by atoms with Gasteiger partial charge in [-0.3, -0.25) is 14.4 Å². The third kappa shape index (κ3) is 33.6. The standard InChI is InChI=1S/C39H74O6/c1-5-7-9-11-18-24-28-32-39(42)45-36(33-43-37(40)30-26-21-10-8-6-2)34-44-38(41)31-27-23-20-17-15-13-12-14-16-19-22-25-29-35(3)4/h35-36H,5-34H2,1-4H3/t36-/m1/s1. The summed E-state index contributed by atoms with van der Waals surface area (Å²) in [7, 11) is 0. The van der Waals surface area contributed by atoms with Crippen molar-refractivity contribution in [3.63, 3.8) is 0 Å². The Hall–Kier alpha value is -1.59. The first-order valence-electron chi connectivity index (χ1n) is 19.4. The van der Waals surface area contributed by atoms with Gasteiger partial charge in [0.15, 0.2) is 6.10 Å². The van der Waals surface area contributed by atoms with Gasteiger partial charge in [-0.1, -0.05) is 169 Å². The van der Waals surface area contributed by atoms with Gasteiger partial charge in [-0.15, -0.1) is 0 Å². The number of hydrogen-bond donors (Lipinski definition) is 0. The lowest BCUT2D eigenvalue weighted by atomic mass is 10.0. The van der Waals surface area contributed by atoms with Crippen LogP contribution in [0.15, 0.2) is 0 Å². The summed E-state index contributed by atoms with van der Waals surface area (Å²) >= 11 is 0. The minimum Gasteiger partial charge on any atom is -0.462 e. The summed E-state index contributed by atoms with van der Waals surface area (Å²) in [6.07, 6.45) is 29.8. The molecule has 0 aromatic carbocycles. The lowest BCUT2D eigenvalue weighted by Crippen LogP contribution is -2.30. The Balaban J connectivity index is 4.16. The van der Waals surface area contributed by atoms with E-state index in [0.29, 0.717) is 19.3 Å². The van der Waals surface area contributed by atoms with Crippen LogP contribution in [0.2, 0.25) is 0 Å². The maximum Gasteiger partial charge on any atom is 0.306 e. The van der Waals surface area contributed by atoms with Gasteiger partial charge in [0.1, 0.15) is 13.2 Å². The highest BCUT2D eigenvalue weighted by molar-refractivity contribution is 5.71. The van der Waals surface area contributed by atoms with Crippen molar-refractivity contribution in [1.82, 2.24) is 0 Å². The van der Waals surface area contributed by atoms with Crippen LogP contribution >= 0.6 is 0 Å². The molecule has 0 saturated heterocycles. The fourth-order valence-corrected chi connectivity index (χ4v) is 5.57. The summed E-state index contributed by atoms with van der Waals surface area (Å²) < 4.78 is 16.5. The molecule has 0 aromatic heterocycles. The molecule has 0 aliphatic rings. The molecule has 0 bridgehead atoms. The highest BCUT2D eigenvalue weighted by Gasteiger charge is 2.19. The molecule has 45 heavy (non-hydrogen) atoms. The first-order valence-corrected chi connectivity index (χ1v) is 19.4. The molecular formula is C39H74O6. The Morgan fingerprint density at radius 2 is 0.733 bits per heavy atom. The summed E-state index contributed by atoms with van der Waals surface area (Å²) in [6, 6.07) is 0. The summed E-state index contributed by atoms with van der Waals surface area (Å²) in [5.74, 6) is -0.0509. The predicted molar refractivity (Wildman–Crippen MR) is 187 cm³/mol. The number of ether oxygens (including phenoxy) is 3. The van der Waals surface area contributed by atoms with Crippen molar-refractivity contribution in [2.24, 2.45) is 5.92 Å². The summed E-state index contributed by atoms with van der Waals surface area (Å²) in [5.41, 5.74) is 0. The van der Waals surface area contributed by atoms with E-state index in [4.69, 9.17) is 14.2 Å². The van der Waals surface area contributed by atoms with Crippen LogP contribution < -0.4 is 0 Å². The van der Waals surface area contributed by atoms with E-state index in [1.165, 1.54) is 96.3 Å². The Labute approximate surface area is 278 Å². The summed E-state index contributed by atoms with van der Waals surface area (Å²) in [4.78, 5) is 37.1. The number of esters is 3. The van der Waals surface area contributed by atoms with Crippen LogP contribution in [0.1, 0.15) is 207 Å². The van der Waals surface area contributed by atoms with Gasteiger partial charge in [0.05, 0.1) is 0 Å². The zero-order valence-electron chi connectivity index (χ0n) is 30.3. The van der Waals surface area contributed by atoms with E-state index in [2.05, 4.69) is 27.7 Å². The third-order valence-corrected chi connectivity index (χ3v) is 8.54. The maximum absolute atomic E-state index is 12.5. The molecule has 0 saturated carbocycles. The number of hydrogen-bond acceptors (Lipinski definition) is 6. The first kappa shape index (κ1) is 43.4. The molecule has 0 N–H and O–H groups in total. The minimum atomic E-state index is -0.755. The molecule has 266 valence electrons. The third-order valence-electron chi connectivity index (χ3n) is 8.54.